The van der Waals surface area contributed by atoms with Crippen molar-refractivity contribution in [2.24, 2.45) is 0 Å². The molecule has 0 saturated carbocycles. The van der Waals surface area contributed by atoms with Crippen LogP contribution in [0.3, 0.4) is 0 Å². The Bertz CT molecular complexity index is 804. The van der Waals surface area contributed by atoms with Gasteiger partial charge in [-0.15, -0.1) is 11.3 Å². The SMILES string of the molecule is Clc1ccc(-c2cnc(C3COCCN3Cc3ccncc3)[nH]2)s1. The van der Waals surface area contributed by atoms with Gasteiger partial charge in [-0.1, -0.05) is 11.6 Å². The Hall–Kier alpha value is -1.73. The lowest BCUT2D eigenvalue weighted by molar-refractivity contribution is -0.0156. The van der Waals surface area contributed by atoms with Crippen LogP contribution in [0.15, 0.2) is 42.9 Å². The average Bonchev–Trinajstić information content (AvgIpc) is 3.25. The molecular formula is C17H17ClN4OS. The van der Waals surface area contributed by atoms with E-state index in [0.717, 1.165) is 40.4 Å². The second-order valence-corrected chi connectivity index (χ2v) is 7.42. The summed E-state index contributed by atoms with van der Waals surface area (Å²) in [6.07, 6.45) is 5.53. The van der Waals surface area contributed by atoms with Gasteiger partial charge in [-0.2, -0.15) is 0 Å². The zero-order chi connectivity index (χ0) is 16.4. The summed E-state index contributed by atoms with van der Waals surface area (Å²) in [4.78, 5) is 15.6. The number of ether oxygens (including phenoxy) is 1. The molecule has 1 aliphatic rings. The van der Waals surface area contributed by atoms with Crippen LogP contribution in [0.1, 0.15) is 17.4 Å². The van der Waals surface area contributed by atoms with Gasteiger partial charge < -0.3 is 9.72 Å². The van der Waals surface area contributed by atoms with E-state index < -0.39 is 0 Å². The summed E-state index contributed by atoms with van der Waals surface area (Å²) >= 11 is 7.58. The molecule has 3 aromatic rings. The molecule has 1 fully saturated rings. The highest BCUT2D eigenvalue weighted by atomic mass is 35.5. The van der Waals surface area contributed by atoms with E-state index in [1.807, 2.05) is 42.9 Å². The Morgan fingerprint density at radius 3 is 2.96 bits per heavy atom. The van der Waals surface area contributed by atoms with Crippen LogP contribution < -0.4 is 0 Å². The van der Waals surface area contributed by atoms with Gasteiger partial charge in [0.15, 0.2) is 0 Å². The minimum Gasteiger partial charge on any atom is -0.378 e. The highest BCUT2D eigenvalue weighted by Gasteiger charge is 2.27. The number of morpholine rings is 1. The Kier molecular flexibility index (Phi) is 4.62. The molecule has 1 unspecified atom stereocenters. The van der Waals surface area contributed by atoms with Crippen molar-refractivity contribution in [2.45, 2.75) is 12.6 Å². The summed E-state index contributed by atoms with van der Waals surface area (Å²) < 4.78 is 6.47. The van der Waals surface area contributed by atoms with Gasteiger partial charge in [-0.3, -0.25) is 9.88 Å². The first kappa shape index (κ1) is 15.8. The fraction of sp³-hybridized carbons (Fsp3) is 0.294. The third kappa shape index (κ3) is 3.37. The van der Waals surface area contributed by atoms with Crippen LogP contribution >= 0.6 is 22.9 Å². The lowest BCUT2D eigenvalue weighted by Crippen LogP contribution is -2.39. The van der Waals surface area contributed by atoms with Gasteiger partial charge in [0.1, 0.15) is 5.82 Å². The van der Waals surface area contributed by atoms with E-state index in [-0.39, 0.29) is 6.04 Å². The number of hydrogen-bond acceptors (Lipinski definition) is 5. The Balaban J connectivity index is 1.55. The maximum atomic E-state index is 6.03. The molecule has 3 aromatic heterocycles. The molecule has 24 heavy (non-hydrogen) atoms. The number of aromatic amines is 1. The third-order valence-corrected chi connectivity index (χ3v) is 5.39. The summed E-state index contributed by atoms with van der Waals surface area (Å²) in [6, 6.07) is 8.13. The predicted molar refractivity (Wildman–Crippen MR) is 95.1 cm³/mol. The topological polar surface area (TPSA) is 54.0 Å². The molecule has 0 radical (unpaired) electrons. The molecule has 0 amide bonds. The molecule has 0 spiro atoms. The molecule has 0 aromatic carbocycles. The van der Waals surface area contributed by atoms with Crippen LogP contribution in [0.4, 0.5) is 0 Å². The van der Waals surface area contributed by atoms with Gasteiger partial charge in [-0.05, 0) is 29.8 Å². The first-order chi connectivity index (χ1) is 11.8. The van der Waals surface area contributed by atoms with Crippen molar-refractivity contribution in [1.82, 2.24) is 19.9 Å². The highest BCUT2D eigenvalue weighted by molar-refractivity contribution is 7.19. The molecule has 5 nitrogen and oxygen atoms in total. The molecule has 0 bridgehead atoms. The van der Waals surface area contributed by atoms with Crippen LogP contribution in [0, 0.1) is 0 Å². The standard InChI is InChI=1S/C17H17ClN4OS/c18-16-2-1-15(24-16)13-9-20-17(21-13)14-11-23-8-7-22(14)10-12-3-5-19-6-4-12/h1-6,9,14H,7-8,10-11H2,(H,20,21). The van der Waals surface area contributed by atoms with E-state index in [2.05, 4.69) is 19.9 Å². The van der Waals surface area contributed by atoms with Gasteiger partial charge in [0.2, 0.25) is 0 Å². The Labute approximate surface area is 149 Å². The molecule has 0 aliphatic carbocycles. The van der Waals surface area contributed by atoms with Gasteiger partial charge in [-0.25, -0.2) is 4.98 Å². The number of H-pyrrole nitrogens is 1. The number of hydrogen-bond donors (Lipinski definition) is 1. The number of pyridine rings is 1. The highest BCUT2D eigenvalue weighted by Crippen LogP contribution is 2.31. The second-order valence-electron chi connectivity index (χ2n) is 5.70. The summed E-state index contributed by atoms with van der Waals surface area (Å²) in [6.45, 7) is 3.13. The molecular weight excluding hydrogens is 344 g/mol. The second kappa shape index (κ2) is 7.03. The number of aromatic nitrogens is 3. The van der Waals surface area contributed by atoms with Crippen molar-refractivity contribution in [3.8, 4) is 10.6 Å². The zero-order valence-electron chi connectivity index (χ0n) is 13.0. The van der Waals surface area contributed by atoms with E-state index in [9.17, 15) is 0 Å². The van der Waals surface area contributed by atoms with Crippen molar-refractivity contribution < 1.29 is 4.74 Å². The summed E-state index contributed by atoms with van der Waals surface area (Å²) in [5.74, 6) is 0.934. The fourth-order valence-corrected chi connectivity index (χ4v) is 3.90. The van der Waals surface area contributed by atoms with E-state index in [0.29, 0.717) is 6.61 Å². The first-order valence-corrected chi connectivity index (χ1v) is 9.00. The van der Waals surface area contributed by atoms with Gasteiger partial charge in [0, 0.05) is 25.5 Å². The summed E-state index contributed by atoms with van der Waals surface area (Å²) in [5, 5.41) is 0. The number of rotatable bonds is 4. The maximum Gasteiger partial charge on any atom is 0.126 e. The monoisotopic (exact) mass is 360 g/mol. The van der Waals surface area contributed by atoms with Crippen molar-refractivity contribution in [3.63, 3.8) is 0 Å². The predicted octanol–water partition coefficient (Wildman–Crippen LogP) is 3.76. The first-order valence-electron chi connectivity index (χ1n) is 7.81. The van der Waals surface area contributed by atoms with E-state index >= 15 is 0 Å². The summed E-state index contributed by atoms with van der Waals surface area (Å²) in [5.41, 5.74) is 2.24. The minimum absolute atomic E-state index is 0.121. The molecule has 7 heteroatoms. The Morgan fingerprint density at radius 1 is 1.29 bits per heavy atom. The molecule has 4 rings (SSSR count). The van der Waals surface area contributed by atoms with E-state index in [1.165, 1.54) is 5.56 Å². The number of thiophene rings is 1. The lowest BCUT2D eigenvalue weighted by atomic mass is 10.1. The smallest absolute Gasteiger partial charge is 0.126 e. The zero-order valence-corrected chi connectivity index (χ0v) is 14.6. The Morgan fingerprint density at radius 2 is 2.17 bits per heavy atom. The molecule has 1 saturated heterocycles. The largest absolute Gasteiger partial charge is 0.378 e. The van der Waals surface area contributed by atoms with Crippen LogP contribution in [0.5, 0.6) is 0 Å². The molecule has 1 atom stereocenters. The van der Waals surface area contributed by atoms with Crippen LogP contribution in [-0.2, 0) is 11.3 Å². The number of halogens is 1. The van der Waals surface area contributed by atoms with Crippen molar-refractivity contribution in [1.29, 1.82) is 0 Å². The van der Waals surface area contributed by atoms with Crippen LogP contribution in [0.2, 0.25) is 4.34 Å². The number of nitrogens with one attached hydrogen (secondary N) is 1. The van der Waals surface area contributed by atoms with Crippen LogP contribution in [0.25, 0.3) is 10.6 Å². The average molecular weight is 361 g/mol. The molecule has 1 aliphatic heterocycles. The normalized spacial score (nSPS) is 18.8. The van der Waals surface area contributed by atoms with Crippen LogP contribution in [-0.4, -0.2) is 39.6 Å². The molecule has 4 heterocycles. The third-order valence-electron chi connectivity index (χ3n) is 4.12. The van der Waals surface area contributed by atoms with Crippen molar-refractivity contribution in [3.05, 3.63) is 58.6 Å². The van der Waals surface area contributed by atoms with Gasteiger partial charge in [0.25, 0.3) is 0 Å². The van der Waals surface area contributed by atoms with Gasteiger partial charge >= 0.3 is 0 Å². The lowest BCUT2D eigenvalue weighted by Gasteiger charge is -2.34. The van der Waals surface area contributed by atoms with E-state index in [1.54, 1.807) is 11.3 Å². The maximum absolute atomic E-state index is 6.03. The van der Waals surface area contributed by atoms with E-state index in [4.69, 9.17) is 16.3 Å². The summed E-state index contributed by atoms with van der Waals surface area (Å²) in [7, 11) is 0. The minimum atomic E-state index is 0.121. The number of nitrogens with zero attached hydrogens (tertiary/aromatic N) is 3. The molecule has 1 N–H and O–H groups in total. The van der Waals surface area contributed by atoms with Gasteiger partial charge in [0.05, 0.1) is 40.4 Å². The van der Waals surface area contributed by atoms with Crippen molar-refractivity contribution in [2.75, 3.05) is 19.8 Å². The van der Waals surface area contributed by atoms with Crippen molar-refractivity contribution >= 4 is 22.9 Å². The molecule has 124 valence electrons. The quantitative estimate of drug-likeness (QED) is 0.769. The fourth-order valence-electron chi connectivity index (χ4n) is 2.89. The number of imidazole rings is 1.